The summed E-state index contributed by atoms with van der Waals surface area (Å²) in [7, 11) is 1.31. The summed E-state index contributed by atoms with van der Waals surface area (Å²) in [4.78, 5) is 15.0. The van der Waals surface area contributed by atoms with Crippen molar-refractivity contribution in [3.05, 3.63) is 23.4 Å². The van der Waals surface area contributed by atoms with E-state index in [0.29, 0.717) is 17.7 Å². The van der Waals surface area contributed by atoms with Crippen LogP contribution in [0, 0.1) is 0 Å². The van der Waals surface area contributed by atoms with Gasteiger partial charge in [0.25, 0.3) is 0 Å². The molecule has 0 aliphatic rings. The first kappa shape index (κ1) is 9.51. The zero-order valence-corrected chi connectivity index (χ0v) is 7.57. The van der Waals surface area contributed by atoms with Crippen LogP contribution in [0.25, 0.3) is 0 Å². The van der Waals surface area contributed by atoms with Gasteiger partial charge in [0, 0.05) is 6.07 Å². The third kappa shape index (κ3) is 1.96. The van der Waals surface area contributed by atoms with E-state index in [1.807, 2.05) is 6.92 Å². The zero-order valence-electron chi connectivity index (χ0n) is 7.57. The molecule has 1 rings (SSSR count). The van der Waals surface area contributed by atoms with Crippen LogP contribution in [0.1, 0.15) is 23.0 Å². The molecule has 0 aliphatic heterocycles. The maximum absolute atomic E-state index is 11.2. The number of pyridine rings is 1. The van der Waals surface area contributed by atoms with Crippen LogP contribution >= 0.6 is 0 Å². The van der Waals surface area contributed by atoms with Gasteiger partial charge in [0.1, 0.15) is 0 Å². The Bertz CT molecular complexity index is 323. The van der Waals surface area contributed by atoms with E-state index in [9.17, 15) is 4.79 Å². The van der Waals surface area contributed by atoms with Crippen LogP contribution in [-0.4, -0.2) is 23.2 Å². The molecule has 0 aromatic carbocycles. The fourth-order valence-corrected chi connectivity index (χ4v) is 1.06. The van der Waals surface area contributed by atoms with Gasteiger partial charge in [-0.05, 0) is 12.5 Å². The lowest BCUT2D eigenvalue weighted by molar-refractivity contribution is 0.0599. The molecule has 0 fully saturated rings. The smallest absolute Gasteiger partial charge is 0.339 e. The fourth-order valence-electron chi connectivity index (χ4n) is 1.06. The first-order chi connectivity index (χ1) is 6.19. The van der Waals surface area contributed by atoms with Gasteiger partial charge in [-0.2, -0.15) is 0 Å². The molecule has 0 saturated carbocycles. The van der Waals surface area contributed by atoms with E-state index >= 15 is 0 Å². The number of methoxy groups -OCH3 is 1. The number of carbonyl (C=O) groups is 1. The van der Waals surface area contributed by atoms with Crippen LogP contribution in [0.2, 0.25) is 0 Å². The van der Waals surface area contributed by atoms with Crippen molar-refractivity contribution in [3.63, 3.8) is 0 Å². The van der Waals surface area contributed by atoms with Crippen molar-refractivity contribution in [3.8, 4) is 5.88 Å². The molecule has 0 spiro atoms. The van der Waals surface area contributed by atoms with Gasteiger partial charge in [0.05, 0.1) is 18.4 Å². The molecule has 13 heavy (non-hydrogen) atoms. The van der Waals surface area contributed by atoms with Crippen molar-refractivity contribution in [1.29, 1.82) is 0 Å². The van der Waals surface area contributed by atoms with Crippen LogP contribution < -0.4 is 0 Å². The Kier molecular flexibility index (Phi) is 2.84. The largest absolute Gasteiger partial charge is 0.493 e. The Hall–Kier alpha value is -1.58. The van der Waals surface area contributed by atoms with Crippen LogP contribution in [0.5, 0.6) is 5.88 Å². The number of aryl methyl sites for hydroxylation is 1. The Balaban J connectivity index is 3.13. The Morgan fingerprint density at radius 3 is 2.85 bits per heavy atom. The summed E-state index contributed by atoms with van der Waals surface area (Å²) in [5.41, 5.74) is 0.953. The molecule has 1 aromatic rings. The highest BCUT2D eigenvalue weighted by molar-refractivity contribution is 5.90. The Morgan fingerprint density at radius 1 is 1.62 bits per heavy atom. The summed E-state index contributed by atoms with van der Waals surface area (Å²) >= 11 is 0. The maximum atomic E-state index is 11.2. The second-order valence-electron chi connectivity index (χ2n) is 2.51. The van der Waals surface area contributed by atoms with Gasteiger partial charge in [-0.1, -0.05) is 6.92 Å². The SMILES string of the molecule is CCc1nc(O)ccc1C(=O)OC. The predicted molar refractivity (Wildman–Crippen MR) is 46.6 cm³/mol. The van der Waals surface area contributed by atoms with E-state index in [1.165, 1.54) is 19.2 Å². The standard InChI is InChI=1S/C9H11NO3/c1-3-7-6(9(12)13-2)4-5-8(11)10-7/h4-5H,3H2,1-2H3,(H,10,11). The first-order valence-electron chi connectivity index (χ1n) is 3.96. The molecule has 4 heteroatoms. The van der Waals surface area contributed by atoms with E-state index < -0.39 is 5.97 Å². The number of rotatable bonds is 2. The van der Waals surface area contributed by atoms with Crippen molar-refractivity contribution in [2.45, 2.75) is 13.3 Å². The van der Waals surface area contributed by atoms with Crippen LogP contribution in [-0.2, 0) is 11.2 Å². The van der Waals surface area contributed by atoms with Crippen molar-refractivity contribution >= 4 is 5.97 Å². The summed E-state index contributed by atoms with van der Waals surface area (Å²) in [6, 6.07) is 2.87. The molecule has 70 valence electrons. The molecular formula is C9H11NO3. The van der Waals surface area contributed by atoms with E-state index in [2.05, 4.69) is 9.72 Å². The van der Waals surface area contributed by atoms with Gasteiger partial charge in [-0.3, -0.25) is 0 Å². The van der Waals surface area contributed by atoms with Crippen LogP contribution in [0.4, 0.5) is 0 Å². The van der Waals surface area contributed by atoms with Crippen LogP contribution in [0.15, 0.2) is 12.1 Å². The van der Waals surface area contributed by atoms with E-state index in [0.717, 1.165) is 0 Å². The number of nitrogens with zero attached hydrogens (tertiary/aromatic N) is 1. The molecule has 0 aliphatic carbocycles. The number of carbonyl (C=O) groups excluding carboxylic acids is 1. The molecule has 1 N–H and O–H groups in total. The van der Waals surface area contributed by atoms with Crippen molar-refractivity contribution < 1.29 is 14.6 Å². The normalized spacial score (nSPS) is 9.69. The summed E-state index contributed by atoms with van der Waals surface area (Å²) in [5, 5.41) is 9.06. The molecule has 0 bridgehead atoms. The molecular weight excluding hydrogens is 170 g/mol. The molecule has 1 aromatic heterocycles. The average molecular weight is 181 g/mol. The van der Waals surface area contributed by atoms with E-state index in [-0.39, 0.29) is 5.88 Å². The molecule has 0 saturated heterocycles. The number of esters is 1. The summed E-state index contributed by atoms with van der Waals surface area (Å²) in [6.07, 6.45) is 0.582. The molecule has 0 radical (unpaired) electrons. The monoisotopic (exact) mass is 181 g/mol. The van der Waals surface area contributed by atoms with Gasteiger partial charge in [0.15, 0.2) is 0 Å². The minimum atomic E-state index is -0.427. The topological polar surface area (TPSA) is 59.4 Å². The number of ether oxygens (including phenoxy) is 1. The number of aromatic hydroxyl groups is 1. The third-order valence-corrected chi connectivity index (χ3v) is 1.70. The van der Waals surface area contributed by atoms with Gasteiger partial charge >= 0.3 is 5.97 Å². The first-order valence-corrected chi connectivity index (χ1v) is 3.96. The Morgan fingerprint density at radius 2 is 2.31 bits per heavy atom. The summed E-state index contributed by atoms with van der Waals surface area (Å²) < 4.78 is 4.56. The highest BCUT2D eigenvalue weighted by atomic mass is 16.5. The third-order valence-electron chi connectivity index (χ3n) is 1.70. The molecule has 0 atom stereocenters. The predicted octanol–water partition coefficient (Wildman–Crippen LogP) is 1.14. The number of aromatic nitrogens is 1. The molecule has 0 unspecified atom stereocenters. The highest BCUT2D eigenvalue weighted by Crippen LogP contribution is 2.13. The van der Waals surface area contributed by atoms with Gasteiger partial charge in [-0.25, -0.2) is 9.78 Å². The fraction of sp³-hybridized carbons (Fsp3) is 0.333. The van der Waals surface area contributed by atoms with Gasteiger partial charge in [-0.15, -0.1) is 0 Å². The molecule has 1 heterocycles. The molecule has 4 nitrogen and oxygen atoms in total. The van der Waals surface area contributed by atoms with E-state index in [4.69, 9.17) is 5.11 Å². The Labute approximate surface area is 76.2 Å². The van der Waals surface area contributed by atoms with Crippen molar-refractivity contribution in [2.75, 3.05) is 7.11 Å². The second-order valence-corrected chi connectivity index (χ2v) is 2.51. The van der Waals surface area contributed by atoms with E-state index in [1.54, 1.807) is 0 Å². The van der Waals surface area contributed by atoms with Crippen LogP contribution in [0.3, 0.4) is 0 Å². The lowest BCUT2D eigenvalue weighted by Crippen LogP contribution is -2.06. The van der Waals surface area contributed by atoms with Gasteiger partial charge < -0.3 is 9.84 Å². The number of hydrogen-bond donors (Lipinski definition) is 1. The van der Waals surface area contributed by atoms with Crippen molar-refractivity contribution in [1.82, 2.24) is 4.98 Å². The summed E-state index contributed by atoms with van der Waals surface area (Å²) in [6.45, 7) is 1.86. The quantitative estimate of drug-likeness (QED) is 0.695. The summed E-state index contributed by atoms with van der Waals surface area (Å²) in [5.74, 6) is -0.506. The minimum absolute atomic E-state index is 0.0792. The maximum Gasteiger partial charge on any atom is 0.339 e. The average Bonchev–Trinajstić information content (AvgIpc) is 2.16. The zero-order chi connectivity index (χ0) is 9.84. The lowest BCUT2D eigenvalue weighted by Gasteiger charge is -2.04. The molecule has 0 amide bonds. The van der Waals surface area contributed by atoms with Crippen molar-refractivity contribution in [2.24, 2.45) is 0 Å². The minimum Gasteiger partial charge on any atom is -0.493 e. The van der Waals surface area contributed by atoms with Gasteiger partial charge in [0.2, 0.25) is 5.88 Å². The lowest BCUT2D eigenvalue weighted by atomic mass is 10.1. The number of hydrogen-bond acceptors (Lipinski definition) is 4. The second kappa shape index (κ2) is 3.89. The highest BCUT2D eigenvalue weighted by Gasteiger charge is 2.11.